The highest BCUT2D eigenvalue weighted by Gasteiger charge is 2.22. The predicted octanol–water partition coefficient (Wildman–Crippen LogP) is 2.60. The maximum absolute atomic E-state index is 8.73. The van der Waals surface area contributed by atoms with E-state index in [1.165, 1.54) is 29.6 Å². The first-order chi connectivity index (χ1) is 11.3. The van der Waals surface area contributed by atoms with Crippen LogP contribution in [0.4, 0.5) is 5.82 Å². The number of anilines is 1. The first-order valence-corrected chi connectivity index (χ1v) is 8.79. The Morgan fingerprint density at radius 2 is 2.04 bits per heavy atom. The fourth-order valence-corrected chi connectivity index (χ4v) is 3.58. The second-order valence-electron chi connectivity index (χ2n) is 6.37. The van der Waals surface area contributed by atoms with Gasteiger partial charge in [-0.3, -0.25) is 0 Å². The number of nitrogens with zero attached hydrogens (tertiary/aromatic N) is 3. The van der Waals surface area contributed by atoms with Gasteiger partial charge in [0.15, 0.2) is 5.82 Å². The van der Waals surface area contributed by atoms with E-state index >= 15 is 0 Å². The minimum atomic E-state index is 0.578. The van der Waals surface area contributed by atoms with Crippen molar-refractivity contribution in [1.29, 1.82) is 0 Å². The van der Waals surface area contributed by atoms with Crippen LogP contribution in [-0.4, -0.2) is 26.3 Å². The Morgan fingerprint density at radius 1 is 1.22 bits per heavy atom. The lowest BCUT2D eigenvalue weighted by atomic mass is 9.95. The summed E-state index contributed by atoms with van der Waals surface area (Å²) in [5.74, 6) is 1.70. The van der Waals surface area contributed by atoms with Gasteiger partial charge in [0, 0.05) is 25.2 Å². The molecule has 0 spiro atoms. The largest absolute Gasteiger partial charge is 0.382 e. The standard InChI is InChI=1S/C17H27N5O/c1-2-7-14-21-15-16(22(14)11-6-5-10-19-23)12-8-3-4-9-13(12)20-17(15)18/h19,23H,2-11H2,1H3,(H2,18,20). The van der Waals surface area contributed by atoms with E-state index in [0.29, 0.717) is 12.4 Å². The second-order valence-corrected chi connectivity index (χ2v) is 6.37. The van der Waals surface area contributed by atoms with Crippen molar-refractivity contribution in [2.75, 3.05) is 12.3 Å². The zero-order valence-corrected chi connectivity index (χ0v) is 13.9. The number of aromatic nitrogens is 3. The zero-order chi connectivity index (χ0) is 16.2. The van der Waals surface area contributed by atoms with Crippen molar-refractivity contribution in [3.8, 4) is 0 Å². The van der Waals surface area contributed by atoms with E-state index in [0.717, 1.165) is 56.4 Å². The zero-order valence-electron chi connectivity index (χ0n) is 13.9. The van der Waals surface area contributed by atoms with Crippen molar-refractivity contribution in [2.45, 2.75) is 64.8 Å². The van der Waals surface area contributed by atoms with Gasteiger partial charge in [0.1, 0.15) is 11.3 Å². The summed E-state index contributed by atoms with van der Waals surface area (Å²) < 4.78 is 2.36. The quantitative estimate of drug-likeness (QED) is 0.539. The van der Waals surface area contributed by atoms with E-state index in [4.69, 9.17) is 15.9 Å². The fourth-order valence-electron chi connectivity index (χ4n) is 3.58. The Hall–Kier alpha value is -1.66. The summed E-state index contributed by atoms with van der Waals surface area (Å²) in [5, 5.41) is 8.73. The number of rotatable bonds is 7. The Bertz CT molecular complexity index is 679. The maximum Gasteiger partial charge on any atom is 0.151 e. The minimum absolute atomic E-state index is 0.578. The molecular weight excluding hydrogens is 290 g/mol. The number of hydrogen-bond donors (Lipinski definition) is 3. The molecule has 2 aromatic heterocycles. The Morgan fingerprint density at radius 3 is 2.83 bits per heavy atom. The van der Waals surface area contributed by atoms with Crippen LogP contribution in [0.15, 0.2) is 0 Å². The van der Waals surface area contributed by atoms with Gasteiger partial charge in [-0.15, -0.1) is 0 Å². The summed E-state index contributed by atoms with van der Waals surface area (Å²) in [6.07, 6.45) is 8.49. The molecule has 0 amide bonds. The van der Waals surface area contributed by atoms with Gasteiger partial charge < -0.3 is 15.5 Å². The van der Waals surface area contributed by atoms with Crippen LogP contribution in [0.3, 0.4) is 0 Å². The Balaban J connectivity index is 2.05. The summed E-state index contributed by atoms with van der Waals surface area (Å²) in [5.41, 5.74) is 13.1. The van der Waals surface area contributed by atoms with E-state index in [2.05, 4.69) is 22.0 Å². The number of hydrogen-bond acceptors (Lipinski definition) is 5. The molecule has 2 aromatic rings. The van der Waals surface area contributed by atoms with Crippen molar-refractivity contribution in [3.63, 3.8) is 0 Å². The molecule has 0 aliphatic heterocycles. The monoisotopic (exact) mass is 317 g/mol. The number of imidazole rings is 1. The number of nitrogen functional groups attached to an aromatic ring is 1. The maximum atomic E-state index is 8.73. The number of aryl methyl sites for hydroxylation is 4. The smallest absolute Gasteiger partial charge is 0.151 e. The van der Waals surface area contributed by atoms with Gasteiger partial charge >= 0.3 is 0 Å². The number of unbranched alkanes of at least 4 members (excludes halogenated alkanes) is 1. The molecule has 0 bridgehead atoms. The summed E-state index contributed by atoms with van der Waals surface area (Å²) in [6, 6.07) is 0. The lowest BCUT2D eigenvalue weighted by Gasteiger charge is -2.18. The van der Waals surface area contributed by atoms with Gasteiger partial charge in [-0.2, -0.15) is 0 Å². The highest BCUT2D eigenvalue weighted by Crippen LogP contribution is 2.32. The van der Waals surface area contributed by atoms with Crippen LogP contribution >= 0.6 is 0 Å². The topological polar surface area (TPSA) is 89.0 Å². The average Bonchev–Trinajstić information content (AvgIpc) is 2.92. The van der Waals surface area contributed by atoms with Crippen molar-refractivity contribution < 1.29 is 5.21 Å². The molecule has 2 heterocycles. The number of nitrogens with one attached hydrogen (secondary N) is 1. The minimum Gasteiger partial charge on any atom is -0.382 e. The SMILES string of the molecule is CCCc1nc2c(N)nc3c(c2n1CCCCNO)CCCC3. The van der Waals surface area contributed by atoms with Crippen molar-refractivity contribution >= 4 is 16.9 Å². The van der Waals surface area contributed by atoms with E-state index in [1.807, 2.05) is 0 Å². The summed E-state index contributed by atoms with van der Waals surface area (Å²) >= 11 is 0. The van der Waals surface area contributed by atoms with Gasteiger partial charge in [0.25, 0.3) is 0 Å². The molecule has 6 nitrogen and oxygen atoms in total. The molecule has 6 heteroatoms. The molecule has 4 N–H and O–H groups in total. The summed E-state index contributed by atoms with van der Waals surface area (Å²) in [7, 11) is 0. The van der Waals surface area contributed by atoms with Gasteiger partial charge in [-0.1, -0.05) is 6.92 Å². The van der Waals surface area contributed by atoms with Crippen LogP contribution in [0.5, 0.6) is 0 Å². The third-order valence-electron chi connectivity index (χ3n) is 4.66. The lowest BCUT2D eigenvalue weighted by Crippen LogP contribution is -2.13. The predicted molar refractivity (Wildman–Crippen MR) is 91.6 cm³/mol. The number of nitrogens with two attached hydrogens (primary N) is 1. The number of hydroxylamine groups is 1. The van der Waals surface area contributed by atoms with Gasteiger partial charge in [-0.25, -0.2) is 15.4 Å². The van der Waals surface area contributed by atoms with Gasteiger partial charge in [0.05, 0.1) is 5.52 Å². The first-order valence-electron chi connectivity index (χ1n) is 8.79. The normalized spacial score (nSPS) is 14.3. The van der Waals surface area contributed by atoms with Crippen molar-refractivity contribution in [3.05, 3.63) is 17.1 Å². The molecule has 0 radical (unpaired) electrons. The van der Waals surface area contributed by atoms with Crippen molar-refractivity contribution in [2.24, 2.45) is 0 Å². The molecule has 3 rings (SSSR count). The van der Waals surface area contributed by atoms with E-state index in [9.17, 15) is 0 Å². The fraction of sp³-hybridized carbons (Fsp3) is 0.647. The first kappa shape index (κ1) is 16.2. The third kappa shape index (κ3) is 3.19. The molecule has 1 aliphatic carbocycles. The van der Waals surface area contributed by atoms with Crippen LogP contribution in [0.1, 0.15) is 56.1 Å². The van der Waals surface area contributed by atoms with Crippen LogP contribution in [0.2, 0.25) is 0 Å². The molecule has 1 aliphatic rings. The molecule has 0 aromatic carbocycles. The van der Waals surface area contributed by atoms with E-state index in [1.54, 1.807) is 0 Å². The summed E-state index contributed by atoms with van der Waals surface area (Å²) in [4.78, 5) is 9.44. The summed E-state index contributed by atoms with van der Waals surface area (Å²) in [6.45, 7) is 3.72. The highest BCUT2D eigenvalue weighted by atomic mass is 16.5. The van der Waals surface area contributed by atoms with Crippen LogP contribution in [0, 0.1) is 0 Å². The molecule has 0 saturated heterocycles. The molecule has 0 atom stereocenters. The van der Waals surface area contributed by atoms with E-state index in [-0.39, 0.29) is 0 Å². The third-order valence-corrected chi connectivity index (χ3v) is 4.66. The van der Waals surface area contributed by atoms with Crippen molar-refractivity contribution in [1.82, 2.24) is 20.0 Å². The highest BCUT2D eigenvalue weighted by molar-refractivity contribution is 5.89. The Labute approximate surface area is 137 Å². The molecule has 0 saturated carbocycles. The number of pyridine rings is 1. The van der Waals surface area contributed by atoms with Crippen LogP contribution in [0.25, 0.3) is 11.0 Å². The molecule has 0 unspecified atom stereocenters. The molecule has 0 fully saturated rings. The second kappa shape index (κ2) is 7.27. The van der Waals surface area contributed by atoms with Gasteiger partial charge in [0.2, 0.25) is 0 Å². The molecule has 23 heavy (non-hydrogen) atoms. The Kier molecular flexibility index (Phi) is 5.13. The van der Waals surface area contributed by atoms with E-state index < -0.39 is 0 Å². The van der Waals surface area contributed by atoms with Crippen LogP contribution in [-0.2, 0) is 25.8 Å². The number of fused-ring (bicyclic) bond motifs is 3. The van der Waals surface area contributed by atoms with Gasteiger partial charge in [-0.05, 0) is 50.5 Å². The lowest BCUT2D eigenvalue weighted by molar-refractivity contribution is 0.164. The average molecular weight is 317 g/mol. The van der Waals surface area contributed by atoms with Crippen LogP contribution < -0.4 is 11.2 Å². The molecular formula is C17H27N5O. The molecule has 126 valence electrons.